The maximum atomic E-state index is 12.6. The number of nitrogens with zero attached hydrogens (tertiary/aromatic N) is 1. The van der Waals surface area contributed by atoms with Crippen LogP contribution in [0.2, 0.25) is 0 Å². The molecule has 0 spiro atoms. The third-order valence-electron chi connectivity index (χ3n) is 3.35. The van der Waals surface area contributed by atoms with Crippen LogP contribution in [0.15, 0.2) is 60.8 Å². The van der Waals surface area contributed by atoms with E-state index in [4.69, 9.17) is 12.2 Å². The number of hydrogen-bond donors (Lipinski definition) is 2. The number of pyridine rings is 1. The third kappa shape index (κ3) is 3.62. The summed E-state index contributed by atoms with van der Waals surface area (Å²) in [6.45, 7) is 0. The summed E-state index contributed by atoms with van der Waals surface area (Å²) in [5, 5.41) is 7.10. The Morgan fingerprint density at radius 1 is 0.917 bits per heavy atom. The fraction of sp³-hybridized carbons (Fsp3) is 0.0588. The van der Waals surface area contributed by atoms with E-state index >= 15 is 0 Å². The van der Waals surface area contributed by atoms with Crippen LogP contribution in [-0.2, 0) is 6.18 Å². The molecule has 0 atom stereocenters. The molecule has 0 radical (unpaired) electrons. The zero-order valence-corrected chi connectivity index (χ0v) is 13.1. The second-order valence-corrected chi connectivity index (χ2v) is 5.44. The lowest BCUT2D eigenvalue weighted by atomic mass is 10.2. The molecule has 0 saturated carbocycles. The molecule has 0 amide bonds. The number of fused-ring (bicyclic) bond motifs is 1. The van der Waals surface area contributed by atoms with Crippen LogP contribution in [0.1, 0.15) is 5.56 Å². The summed E-state index contributed by atoms with van der Waals surface area (Å²) in [6, 6.07) is 14.1. The van der Waals surface area contributed by atoms with Gasteiger partial charge >= 0.3 is 6.18 Å². The van der Waals surface area contributed by atoms with Crippen molar-refractivity contribution < 1.29 is 13.2 Å². The maximum absolute atomic E-state index is 12.6. The van der Waals surface area contributed by atoms with Crippen molar-refractivity contribution in [2.24, 2.45) is 0 Å². The lowest BCUT2D eigenvalue weighted by Gasteiger charge is -2.13. The molecule has 24 heavy (non-hydrogen) atoms. The number of nitrogens with one attached hydrogen (secondary N) is 2. The first-order valence-corrected chi connectivity index (χ1v) is 7.43. The van der Waals surface area contributed by atoms with Crippen LogP contribution in [0.25, 0.3) is 10.9 Å². The molecular weight excluding hydrogens is 335 g/mol. The average molecular weight is 347 g/mol. The van der Waals surface area contributed by atoms with Crippen LogP contribution in [0.4, 0.5) is 24.5 Å². The first kappa shape index (κ1) is 16.2. The van der Waals surface area contributed by atoms with Gasteiger partial charge in [-0.3, -0.25) is 4.98 Å². The van der Waals surface area contributed by atoms with E-state index in [1.54, 1.807) is 6.20 Å². The Balaban J connectivity index is 1.73. The van der Waals surface area contributed by atoms with Gasteiger partial charge in [-0.15, -0.1) is 0 Å². The number of aromatic nitrogens is 1. The number of benzene rings is 2. The second-order valence-electron chi connectivity index (χ2n) is 5.03. The molecule has 2 N–H and O–H groups in total. The zero-order valence-electron chi connectivity index (χ0n) is 12.3. The molecular formula is C17H12F3N3S. The number of para-hydroxylation sites is 1. The minimum Gasteiger partial charge on any atom is -0.332 e. The van der Waals surface area contributed by atoms with Crippen LogP contribution in [0, 0.1) is 0 Å². The van der Waals surface area contributed by atoms with E-state index in [0.717, 1.165) is 28.7 Å². The van der Waals surface area contributed by atoms with Gasteiger partial charge in [0.2, 0.25) is 0 Å². The van der Waals surface area contributed by atoms with E-state index in [0.29, 0.717) is 5.69 Å². The van der Waals surface area contributed by atoms with E-state index in [-0.39, 0.29) is 5.11 Å². The monoisotopic (exact) mass is 347 g/mol. The van der Waals surface area contributed by atoms with Crippen molar-refractivity contribution >= 4 is 39.6 Å². The van der Waals surface area contributed by atoms with Gasteiger partial charge in [-0.05, 0) is 48.6 Å². The predicted molar refractivity (Wildman–Crippen MR) is 93.0 cm³/mol. The van der Waals surface area contributed by atoms with E-state index in [9.17, 15) is 13.2 Å². The summed E-state index contributed by atoms with van der Waals surface area (Å²) in [4.78, 5) is 4.30. The number of rotatable bonds is 2. The molecule has 0 saturated heterocycles. The smallest absolute Gasteiger partial charge is 0.332 e. The number of halogens is 3. The average Bonchev–Trinajstić information content (AvgIpc) is 2.55. The Kier molecular flexibility index (Phi) is 4.35. The Labute approximate surface area is 141 Å². The Bertz CT molecular complexity index is 871. The molecule has 3 nitrogen and oxygen atoms in total. The van der Waals surface area contributed by atoms with Crippen LogP contribution in [-0.4, -0.2) is 10.1 Å². The van der Waals surface area contributed by atoms with Gasteiger partial charge in [0.05, 0.1) is 16.8 Å². The van der Waals surface area contributed by atoms with E-state index < -0.39 is 11.7 Å². The van der Waals surface area contributed by atoms with Gasteiger partial charge in [0.15, 0.2) is 5.11 Å². The zero-order chi connectivity index (χ0) is 17.2. The molecule has 7 heteroatoms. The van der Waals surface area contributed by atoms with E-state index in [1.807, 2.05) is 30.3 Å². The van der Waals surface area contributed by atoms with Crippen LogP contribution in [0.3, 0.4) is 0 Å². The molecule has 122 valence electrons. The van der Waals surface area contributed by atoms with Crippen molar-refractivity contribution in [1.29, 1.82) is 0 Å². The lowest BCUT2D eigenvalue weighted by molar-refractivity contribution is -0.137. The quantitative estimate of drug-likeness (QED) is 0.635. The molecule has 1 aromatic heterocycles. The molecule has 0 bridgehead atoms. The molecule has 1 heterocycles. The first-order chi connectivity index (χ1) is 11.4. The molecule has 3 aromatic rings. The molecule has 3 rings (SSSR count). The number of hydrogen-bond acceptors (Lipinski definition) is 2. The summed E-state index contributed by atoms with van der Waals surface area (Å²) in [7, 11) is 0. The summed E-state index contributed by atoms with van der Waals surface area (Å²) < 4.78 is 37.7. The normalized spacial score (nSPS) is 11.3. The van der Waals surface area contributed by atoms with Crippen molar-refractivity contribution in [2.45, 2.75) is 6.18 Å². The molecule has 0 aliphatic rings. The molecule has 0 unspecified atom stereocenters. The summed E-state index contributed by atoms with van der Waals surface area (Å²) in [6.07, 6.45) is -2.67. The Hall–Kier alpha value is -2.67. The fourth-order valence-electron chi connectivity index (χ4n) is 2.23. The van der Waals surface area contributed by atoms with Crippen LogP contribution < -0.4 is 10.6 Å². The van der Waals surface area contributed by atoms with Gasteiger partial charge in [-0.2, -0.15) is 13.2 Å². The van der Waals surface area contributed by atoms with Crippen molar-refractivity contribution in [2.75, 3.05) is 10.6 Å². The SMILES string of the molecule is FC(F)(F)c1ccc(NC(=S)Nc2cccc3cccnc23)cc1. The molecule has 0 aliphatic carbocycles. The van der Waals surface area contributed by atoms with Gasteiger partial charge in [-0.25, -0.2) is 0 Å². The van der Waals surface area contributed by atoms with Crippen LogP contribution in [0.5, 0.6) is 0 Å². The van der Waals surface area contributed by atoms with Crippen molar-refractivity contribution in [1.82, 2.24) is 4.98 Å². The topological polar surface area (TPSA) is 37.0 Å². The van der Waals surface area contributed by atoms with E-state index in [2.05, 4.69) is 15.6 Å². The lowest BCUT2D eigenvalue weighted by Crippen LogP contribution is -2.19. The standard InChI is InChI=1S/C17H12F3N3S/c18-17(19,20)12-6-8-13(9-7-12)22-16(24)23-14-5-1-3-11-4-2-10-21-15(11)14/h1-10H,(H2,22,23,24). The van der Waals surface area contributed by atoms with Crippen molar-refractivity contribution in [3.05, 3.63) is 66.4 Å². The van der Waals surface area contributed by atoms with Gasteiger partial charge in [0, 0.05) is 17.3 Å². The number of anilines is 2. The van der Waals surface area contributed by atoms with Crippen molar-refractivity contribution in [3.8, 4) is 0 Å². The first-order valence-electron chi connectivity index (χ1n) is 7.02. The van der Waals surface area contributed by atoms with Gasteiger partial charge in [0.25, 0.3) is 0 Å². The van der Waals surface area contributed by atoms with Gasteiger partial charge in [-0.1, -0.05) is 18.2 Å². The highest BCUT2D eigenvalue weighted by Gasteiger charge is 2.29. The van der Waals surface area contributed by atoms with Gasteiger partial charge in [0.1, 0.15) is 0 Å². The Morgan fingerprint density at radius 3 is 2.33 bits per heavy atom. The number of thiocarbonyl (C=S) groups is 1. The predicted octanol–water partition coefficient (Wildman–Crippen LogP) is 5.06. The van der Waals surface area contributed by atoms with E-state index in [1.165, 1.54) is 12.1 Å². The third-order valence-corrected chi connectivity index (χ3v) is 3.56. The van der Waals surface area contributed by atoms with Crippen molar-refractivity contribution in [3.63, 3.8) is 0 Å². The molecule has 2 aromatic carbocycles. The number of alkyl halides is 3. The van der Waals surface area contributed by atoms with Gasteiger partial charge < -0.3 is 10.6 Å². The highest BCUT2D eigenvalue weighted by Crippen LogP contribution is 2.30. The maximum Gasteiger partial charge on any atom is 0.416 e. The summed E-state index contributed by atoms with van der Waals surface area (Å²) in [5.74, 6) is 0. The largest absolute Gasteiger partial charge is 0.416 e. The minimum absolute atomic E-state index is 0.271. The molecule has 0 fully saturated rings. The van der Waals surface area contributed by atoms with Crippen LogP contribution >= 0.6 is 12.2 Å². The Morgan fingerprint density at radius 2 is 1.62 bits per heavy atom. The minimum atomic E-state index is -4.36. The molecule has 0 aliphatic heterocycles. The summed E-state index contributed by atoms with van der Waals surface area (Å²) >= 11 is 5.22. The highest BCUT2D eigenvalue weighted by molar-refractivity contribution is 7.80. The highest BCUT2D eigenvalue weighted by atomic mass is 32.1. The second kappa shape index (κ2) is 6.45. The fourth-order valence-corrected chi connectivity index (χ4v) is 2.46. The summed E-state index contributed by atoms with van der Waals surface area (Å²) in [5.41, 5.74) is 1.24.